The molecule has 7 nitrogen and oxygen atoms in total. The van der Waals surface area contributed by atoms with E-state index in [9.17, 15) is 18.0 Å². The van der Waals surface area contributed by atoms with Gasteiger partial charge in [-0.25, -0.2) is 13.2 Å². The molecule has 0 aromatic heterocycles. The first-order chi connectivity index (χ1) is 15.9. The van der Waals surface area contributed by atoms with E-state index in [1.165, 1.54) is 28.9 Å². The van der Waals surface area contributed by atoms with Gasteiger partial charge in [-0.3, -0.25) is 9.10 Å². The van der Waals surface area contributed by atoms with Crippen molar-refractivity contribution in [3.8, 4) is 0 Å². The standard InChI is InChI=1S/C24H27ClN2O5S/c25-21-13-12-19(33(30,31)27-14-6-8-17-7-4-5-11-22(17)27)15-20(21)24(29)32-16-23(28)26-18-9-2-1-3-10-18/h4-5,7,11-13,15,18H,1-3,6,8-10,14,16H2,(H,26,28). The number of nitrogens with one attached hydrogen (secondary N) is 1. The monoisotopic (exact) mass is 490 g/mol. The molecule has 0 unspecified atom stereocenters. The maximum atomic E-state index is 13.4. The van der Waals surface area contributed by atoms with Crippen molar-refractivity contribution in [3.05, 3.63) is 58.6 Å². The number of para-hydroxylation sites is 1. The van der Waals surface area contributed by atoms with Crippen molar-refractivity contribution >= 4 is 39.2 Å². The van der Waals surface area contributed by atoms with Gasteiger partial charge in [0.1, 0.15) is 0 Å². The van der Waals surface area contributed by atoms with Crippen LogP contribution in [-0.4, -0.2) is 39.5 Å². The van der Waals surface area contributed by atoms with Crippen LogP contribution in [0.4, 0.5) is 5.69 Å². The Morgan fingerprint density at radius 1 is 1.06 bits per heavy atom. The Balaban J connectivity index is 1.48. The van der Waals surface area contributed by atoms with Crippen molar-refractivity contribution in [2.45, 2.75) is 55.9 Å². The number of benzene rings is 2. The summed E-state index contributed by atoms with van der Waals surface area (Å²) in [5, 5.41) is 2.94. The molecule has 33 heavy (non-hydrogen) atoms. The van der Waals surface area contributed by atoms with Crippen molar-refractivity contribution < 1.29 is 22.7 Å². The van der Waals surface area contributed by atoms with Gasteiger partial charge in [0.15, 0.2) is 6.61 Å². The van der Waals surface area contributed by atoms with Crippen molar-refractivity contribution in [3.63, 3.8) is 0 Å². The predicted octanol–water partition coefficient (Wildman–Crippen LogP) is 4.09. The molecule has 0 saturated heterocycles. The smallest absolute Gasteiger partial charge is 0.340 e. The SMILES string of the molecule is O=C(COC(=O)c1cc(S(=O)(=O)N2CCCc3ccccc32)ccc1Cl)NC1CCCCC1. The zero-order valence-corrected chi connectivity index (χ0v) is 19.8. The van der Waals surface area contributed by atoms with Crippen LogP contribution in [0.15, 0.2) is 47.4 Å². The molecule has 176 valence electrons. The fraction of sp³-hybridized carbons (Fsp3) is 0.417. The van der Waals surface area contributed by atoms with Gasteiger partial charge in [-0.2, -0.15) is 0 Å². The van der Waals surface area contributed by atoms with E-state index in [4.69, 9.17) is 16.3 Å². The molecule has 1 amide bonds. The predicted molar refractivity (Wildman–Crippen MR) is 126 cm³/mol. The minimum atomic E-state index is -3.91. The summed E-state index contributed by atoms with van der Waals surface area (Å²) in [7, 11) is -3.91. The topological polar surface area (TPSA) is 92.8 Å². The van der Waals surface area contributed by atoms with Crippen LogP contribution < -0.4 is 9.62 Å². The molecule has 1 N–H and O–H groups in total. The Kier molecular flexibility index (Phi) is 7.24. The molecule has 0 radical (unpaired) electrons. The van der Waals surface area contributed by atoms with E-state index in [2.05, 4.69) is 5.32 Å². The Morgan fingerprint density at radius 3 is 2.61 bits per heavy atom. The number of hydrogen-bond donors (Lipinski definition) is 1. The zero-order chi connectivity index (χ0) is 23.4. The third-order valence-corrected chi connectivity index (χ3v) is 8.26. The number of hydrogen-bond acceptors (Lipinski definition) is 5. The van der Waals surface area contributed by atoms with Gasteiger partial charge in [0.2, 0.25) is 0 Å². The summed E-state index contributed by atoms with van der Waals surface area (Å²) in [5.41, 5.74) is 1.51. The van der Waals surface area contributed by atoms with E-state index in [1.807, 2.05) is 12.1 Å². The zero-order valence-electron chi connectivity index (χ0n) is 18.3. The molecule has 1 heterocycles. The van der Waals surface area contributed by atoms with E-state index in [0.717, 1.165) is 37.7 Å². The fourth-order valence-corrected chi connectivity index (χ4v) is 6.18. The number of carbonyl (C=O) groups excluding carboxylic acids is 2. The van der Waals surface area contributed by atoms with Gasteiger partial charge in [-0.05, 0) is 55.5 Å². The van der Waals surface area contributed by atoms with Gasteiger partial charge in [0.05, 0.1) is 21.2 Å². The van der Waals surface area contributed by atoms with Crippen molar-refractivity contribution in [1.82, 2.24) is 5.32 Å². The summed E-state index contributed by atoms with van der Waals surface area (Å²) in [6.07, 6.45) is 6.67. The number of aryl methyl sites for hydroxylation is 1. The van der Waals surface area contributed by atoms with Gasteiger partial charge in [-0.1, -0.05) is 49.1 Å². The Hall–Kier alpha value is -2.58. The first-order valence-electron chi connectivity index (χ1n) is 11.2. The molecule has 1 aliphatic heterocycles. The first kappa shape index (κ1) is 23.6. The molecule has 2 aromatic carbocycles. The lowest BCUT2D eigenvalue weighted by Crippen LogP contribution is -2.38. The molecule has 9 heteroatoms. The average molecular weight is 491 g/mol. The molecular formula is C24H27ClN2O5S. The van der Waals surface area contributed by atoms with Gasteiger partial charge >= 0.3 is 5.97 Å². The molecule has 0 atom stereocenters. The molecule has 2 aliphatic rings. The number of carbonyl (C=O) groups is 2. The van der Waals surface area contributed by atoms with Crippen LogP contribution in [0.1, 0.15) is 54.4 Å². The third-order valence-electron chi connectivity index (χ3n) is 6.12. The quantitative estimate of drug-likeness (QED) is 0.616. The number of fused-ring (bicyclic) bond motifs is 1. The second-order valence-electron chi connectivity index (χ2n) is 8.43. The summed E-state index contributed by atoms with van der Waals surface area (Å²) in [4.78, 5) is 24.7. The summed E-state index contributed by atoms with van der Waals surface area (Å²) < 4.78 is 33.3. The van der Waals surface area contributed by atoms with Crippen molar-refractivity contribution in [1.29, 1.82) is 0 Å². The molecule has 1 aliphatic carbocycles. The van der Waals surface area contributed by atoms with E-state index >= 15 is 0 Å². The average Bonchev–Trinajstić information content (AvgIpc) is 2.83. The first-order valence-corrected chi connectivity index (χ1v) is 13.0. The van der Waals surface area contributed by atoms with Gasteiger partial charge in [0.25, 0.3) is 15.9 Å². The fourth-order valence-electron chi connectivity index (χ4n) is 4.42. The van der Waals surface area contributed by atoms with Crippen LogP contribution in [-0.2, 0) is 26.0 Å². The molecule has 0 bridgehead atoms. The van der Waals surface area contributed by atoms with E-state index in [-0.39, 0.29) is 27.4 Å². The number of rotatable bonds is 6. The summed E-state index contributed by atoms with van der Waals surface area (Å²) in [6, 6.07) is 11.4. The lowest BCUT2D eigenvalue weighted by molar-refractivity contribution is -0.125. The van der Waals surface area contributed by atoms with Crippen LogP contribution in [0.3, 0.4) is 0 Å². The van der Waals surface area contributed by atoms with E-state index < -0.39 is 22.6 Å². The van der Waals surface area contributed by atoms with Crippen LogP contribution >= 0.6 is 11.6 Å². The minimum Gasteiger partial charge on any atom is -0.452 e. The van der Waals surface area contributed by atoms with Gasteiger partial charge in [-0.15, -0.1) is 0 Å². The number of anilines is 1. The second kappa shape index (κ2) is 10.1. The molecule has 4 rings (SSSR count). The Morgan fingerprint density at radius 2 is 1.82 bits per heavy atom. The molecule has 1 fully saturated rings. The third kappa shape index (κ3) is 5.33. The normalized spacial score (nSPS) is 16.7. The molecule has 2 aromatic rings. The van der Waals surface area contributed by atoms with Crippen LogP contribution in [0.5, 0.6) is 0 Å². The number of amides is 1. The summed E-state index contributed by atoms with van der Waals surface area (Å²) >= 11 is 6.17. The van der Waals surface area contributed by atoms with Crippen LogP contribution in [0.2, 0.25) is 5.02 Å². The highest BCUT2D eigenvalue weighted by Gasteiger charge is 2.30. The van der Waals surface area contributed by atoms with Gasteiger partial charge in [0, 0.05) is 12.6 Å². The highest BCUT2D eigenvalue weighted by atomic mass is 35.5. The highest BCUT2D eigenvalue weighted by molar-refractivity contribution is 7.92. The maximum Gasteiger partial charge on any atom is 0.340 e. The lowest BCUT2D eigenvalue weighted by atomic mass is 9.95. The van der Waals surface area contributed by atoms with Crippen molar-refractivity contribution in [2.24, 2.45) is 0 Å². The lowest BCUT2D eigenvalue weighted by Gasteiger charge is -2.30. The van der Waals surface area contributed by atoms with Crippen molar-refractivity contribution in [2.75, 3.05) is 17.5 Å². The summed E-state index contributed by atoms with van der Waals surface area (Å²) in [5.74, 6) is -1.21. The largest absolute Gasteiger partial charge is 0.452 e. The Bertz CT molecular complexity index is 1150. The molecule has 0 spiro atoms. The van der Waals surface area contributed by atoms with Crippen LogP contribution in [0, 0.1) is 0 Å². The molecule has 1 saturated carbocycles. The van der Waals surface area contributed by atoms with Crippen LogP contribution in [0.25, 0.3) is 0 Å². The Labute approximate surface area is 199 Å². The highest BCUT2D eigenvalue weighted by Crippen LogP contribution is 2.33. The molecular weight excluding hydrogens is 464 g/mol. The summed E-state index contributed by atoms with van der Waals surface area (Å²) in [6.45, 7) is -0.0920. The van der Waals surface area contributed by atoms with E-state index in [0.29, 0.717) is 18.7 Å². The minimum absolute atomic E-state index is 0.0535. The maximum absolute atomic E-state index is 13.4. The van der Waals surface area contributed by atoms with Gasteiger partial charge < -0.3 is 10.1 Å². The number of ether oxygens (including phenoxy) is 1. The number of nitrogens with zero attached hydrogens (tertiary/aromatic N) is 1. The number of sulfonamides is 1. The number of halogens is 1. The van der Waals surface area contributed by atoms with E-state index in [1.54, 1.807) is 12.1 Å². The number of esters is 1. The second-order valence-corrected chi connectivity index (χ2v) is 10.7.